The first-order valence-electron chi connectivity index (χ1n) is 6.59. The van der Waals surface area contributed by atoms with Gasteiger partial charge in [0.2, 0.25) is 0 Å². The lowest BCUT2D eigenvalue weighted by molar-refractivity contribution is -0.146. The highest BCUT2D eigenvalue weighted by Crippen LogP contribution is 2.22. The number of hydrogen-bond donors (Lipinski definition) is 1. The molecule has 4 nitrogen and oxygen atoms in total. The fourth-order valence-corrected chi connectivity index (χ4v) is 2.55. The lowest BCUT2D eigenvalue weighted by Crippen LogP contribution is -2.21. The minimum atomic E-state index is -0.544. The van der Waals surface area contributed by atoms with Gasteiger partial charge in [0, 0.05) is 20.8 Å². The fraction of sp³-hybridized carbons (Fsp3) is 0.125. The normalized spacial score (nSPS) is 10.2. The van der Waals surface area contributed by atoms with Crippen LogP contribution in [0.15, 0.2) is 42.5 Å². The van der Waals surface area contributed by atoms with E-state index >= 15 is 0 Å². The van der Waals surface area contributed by atoms with Crippen molar-refractivity contribution in [2.45, 2.75) is 6.42 Å². The first-order chi connectivity index (χ1) is 10.9. The molecular formula is C16H12Cl3NO3. The second-order valence-electron chi connectivity index (χ2n) is 4.64. The van der Waals surface area contributed by atoms with Gasteiger partial charge in [-0.15, -0.1) is 0 Å². The number of benzene rings is 2. The van der Waals surface area contributed by atoms with Gasteiger partial charge in [-0.2, -0.15) is 0 Å². The van der Waals surface area contributed by atoms with Crippen LogP contribution in [-0.4, -0.2) is 18.5 Å². The molecule has 0 atom stereocenters. The second-order valence-corrected chi connectivity index (χ2v) is 5.92. The molecule has 0 aliphatic rings. The number of anilines is 1. The van der Waals surface area contributed by atoms with E-state index in [2.05, 4.69) is 5.32 Å². The number of nitrogens with one attached hydrogen (secondary N) is 1. The van der Waals surface area contributed by atoms with Crippen LogP contribution in [0.5, 0.6) is 0 Å². The molecule has 120 valence electrons. The van der Waals surface area contributed by atoms with Crippen LogP contribution >= 0.6 is 34.8 Å². The van der Waals surface area contributed by atoms with E-state index in [1.54, 1.807) is 30.3 Å². The molecule has 0 fully saturated rings. The fourth-order valence-electron chi connectivity index (χ4n) is 1.82. The topological polar surface area (TPSA) is 55.4 Å². The molecule has 2 rings (SSSR count). The quantitative estimate of drug-likeness (QED) is 0.793. The summed E-state index contributed by atoms with van der Waals surface area (Å²) in [5.41, 5.74) is 1.07. The Labute approximate surface area is 148 Å². The summed E-state index contributed by atoms with van der Waals surface area (Å²) in [4.78, 5) is 23.5. The van der Waals surface area contributed by atoms with Gasteiger partial charge in [0.15, 0.2) is 6.61 Å². The third kappa shape index (κ3) is 5.75. The Bertz CT molecular complexity index is 714. The number of rotatable bonds is 5. The minimum absolute atomic E-state index is 0.00402. The van der Waals surface area contributed by atoms with E-state index in [0.29, 0.717) is 26.3 Å². The second kappa shape index (κ2) is 8.20. The number of carbonyl (C=O) groups is 2. The monoisotopic (exact) mass is 371 g/mol. The van der Waals surface area contributed by atoms with Gasteiger partial charge in [-0.1, -0.05) is 53.0 Å². The maximum atomic E-state index is 11.8. The summed E-state index contributed by atoms with van der Waals surface area (Å²) in [6.45, 7) is -0.409. The highest BCUT2D eigenvalue weighted by molar-refractivity contribution is 6.35. The molecule has 0 radical (unpaired) electrons. The highest BCUT2D eigenvalue weighted by Gasteiger charge is 2.11. The molecule has 0 aliphatic carbocycles. The average molecular weight is 373 g/mol. The number of esters is 1. The number of halogens is 3. The lowest BCUT2D eigenvalue weighted by Gasteiger charge is -2.08. The molecule has 0 heterocycles. The van der Waals surface area contributed by atoms with E-state index in [0.717, 1.165) is 0 Å². The standard InChI is InChI=1S/C16H12Cl3NO3/c17-11-6-12(18)8-13(7-11)20-15(21)9-23-16(22)5-10-3-1-2-4-14(10)19/h1-4,6-8H,5,9H2,(H,20,21). The maximum absolute atomic E-state index is 11.8. The summed E-state index contributed by atoms with van der Waals surface area (Å²) in [7, 11) is 0. The Morgan fingerprint density at radius 2 is 1.65 bits per heavy atom. The van der Waals surface area contributed by atoms with Crippen molar-refractivity contribution >= 4 is 52.4 Å². The van der Waals surface area contributed by atoms with Crippen LogP contribution < -0.4 is 5.32 Å². The summed E-state index contributed by atoms with van der Waals surface area (Å²) in [6.07, 6.45) is -0.00402. The number of hydrogen-bond acceptors (Lipinski definition) is 3. The zero-order valence-corrected chi connectivity index (χ0v) is 14.1. The number of amides is 1. The van der Waals surface area contributed by atoms with Crippen molar-refractivity contribution in [3.8, 4) is 0 Å². The molecule has 2 aromatic carbocycles. The molecule has 0 saturated carbocycles. The SMILES string of the molecule is O=C(COC(=O)Cc1ccccc1Cl)Nc1cc(Cl)cc(Cl)c1. The van der Waals surface area contributed by atoms with Crippen LogP contribution in [0, 0.1) is 0 Å². The van der Waals surface area contributed by atoms with Crippen molar-refractivity contribution in [1.82, 2.24) is 0 Å². The van der Waals surface area contributed by atoms with Crippen molar-refractivity contribution < 1.29 is 14.3 Å². The van der Waals surface area contributed by atoms with Gasteiger partial charge >= 0.3 is 5.97 Å². The van der Waals surface area contributed by atoms with Crippen molar-refractivity contribution in [2.75, 3.05) is 11.9 Å². The summed E-state index contributed by atoms with van der Waals surface area (Å²) in [5.74, 6) is -1.03. The van der Waals surface area contributed by atoms with Crippen molar-refractivity contribution in [2.24, 2.45) is 0 Å². The summed E-state index contributed by atoms with van der Waals surface area (Å²) in [5, 5.41) is 3.80. The molecular weight excluding hydrogens is 361 g/mol. The third-order valence-electron chi connectivity index (χ3n) is 2.80. The summed E-state index contributed by atoms with van der Waals surface area (Å²) >= 11 is 17.6. The van der Waals surface area contributed by atoms with E-state index < -0.39 is 18.5 Å². The summed E-state index contributed by atoms with van der Waals surface area (Å²) in [6, 6.07) is 11.6. The molecule has 1 N–H and O–H groups in total. The Balaban J connectivity index is 1.84. The molecule has 0 spiro atoms. The molecule has 0 bridgehead atoms. The van der Waals surface area contributed by atoms with E-state index in [1.165, 1.54) is 12.1 Å². The molecule has 7 heteroatoms. The van der Waals surface area contributed by atoms with Gasteiger partial charge in [-0.3, -0.25) is 9.59 Å². The average Bonchev–Trinajstić information content (AvgIpc) is 2.46. The zero-order valence-electron chi connectivity index (χ0n) is 11.8. The lowest BCUT2D eigenvalue weighted by atomic mass is 10.1. The van der Waals surface area contributed by atoms with E-state index in [4.69, 9.17) is 39.5 Å². The Kier molecular flexibility index (Phi) is 6.28. The molecule has 2 aromatic rings. The van der Waals surface area contributed by atoms with E-state index in [1.807, 2.05) is 0 Å². The van der Waals surface area contributed by atoms with Crippen LogP contribution in [0.4, 0.5) is 5.69 Å². The van der Waals surface area contributed by atoms with Crippen LogP contribution in [0.2, 0.25) is 15.1 Å². The molecule has 0 unspecified atom stereocenters. The van der Waals surface area contributed by atoms with Crippen LogP contribution in [-0.2, 0) is 20.7 Å². The first-order valence-corrected chi connectivity index (χ1v) is 7.72. The molecule has 0 aromatic heterocycles. The van der Waals surface area contributed by atoms with Crippen molar-refractivity contribution in [1.29, 1.82) is 0 Å². The van der Waals surface area contributed by atoms with Crippen LogP contribution in [0.1, 0.15) is 5.56 Å². The number of carbonyl (C=O) groups excluding carboxylic acids is 2. The molecule has 23 heavy (non-hydrogen) atoms. The van der Waals surface area contributed by atoms with E-state index in [9.17, 15) is 9.59 Å². The predicted octanol–water partition coefficient (Wildman–Crippen LogP) is 4.37. The smallest absolute Gasteiger partial charge is 0.310 e. The predicted molar refractivity (Wildman–Crippen MR) is 91.2 cm³/mol. The molecule has 0 saturated heterocycles. The van der Waals surface area contributed by atoms with Gasteiger partial charge in [-0.25, -0.2) is 0 Å². The van der Waals surface area contributed by atoms with Gasteiger partial charge < -0.3 is 10.1 Å². The van der Waals surface area contributed by atoms with Gasteiger partial charge in [0.25, 0.3) is 5.91 Å². The van der Waals surface area contributed by atoms with Gasteiger partial charge in [-0.05, 0) is 29.8 Å². The minimum Gasteiger partial charge on any atom is -0.455 e. The Hall–Kier alpha value is -1.75. The Morgan fingerprint density at radius 1 is 1.00 bits per heavy atom. The van der Waals surface area contributed by atoms with Gasteiger partial charge in [0.05, 0.1) is 6.42 Å². The largest absolute Gasteiger partial charge is 0.455 e. The Morgan fingerprint density at radius 3 is 2.30 bits per heavy atom. The van der Waals surface area contributed by atoms with Gasteiger partial charge in [0.1, 0.15) is 0 Å². The zero-order chi connectivity index (χ0) is 16.8. The highest BCUT2D eigenvalue weighted by atomic mass is 35.5. The van der Waals surface area contributed by atoms with Crippen molar-refractivity contribution in [3.63, 3.8) is 0 Å². The van der Waals surface area contributed by atoms with Crippen LogP contribution in [0.3, 0.4) is 0 Å². The third-order valence-corrected chi connectivity index (χ3v) is 3.61. The molecule has 0 aliphatic heterocycles. The summed E-state index contributed by atoms with van der Waals surface area (Å²) < 4.78 is 4.92. The van der Waals surface area contributed by atoms with Crippen LogP contribution in [0.25, 0.3) is 0 Å². The molecule has 1 amide bonds. The van der Waals surface area contributed by atoms with Crippen molar-refractivity contribution in [3.05, 3.63) is 63.1 Å². The number of ether oxygens (including phenoxy) is 1. The van der Waals surface area contributed by atoms with E-state index in [-0.39, 0.29) is 6.42 Å². The maximum Gasteiger partial charge on any atom is 0.310 e. The first kappa shape index (κ1) is 17.6.